The fourth-order valence-corrected chi connectivity index (χ4v) is 2.90. The first-order chi connectivity index (χ1) is 12.0. The maximum Gasteiger partial charge on any atom is 0.329 e. The van der Waals surface area contributed by atoms with Crippen LogP contribution in [-0.4, -0.2) is 30.8 Å². The first kappa shape index (κ1) is 17.0. The van der Waals surface area contributed by atoms with Crippen molar-refractivity contribution in [1.82, 2.24) is 19.1 Å². The summed E-state index contributed by atoms with van der Waals surface area (Å²) >= 11 is 0. The molecule has 2 aromatic heterocycles. The van der Waals surface area contributed by atoms with Crippen LogP contribution >= 0.6 is 0 Å². The molecule has 2 heterocycles. The number of aryl methyl sites for hydroxylation is 2. The molecular weight excluding hydrogens is 322 g/mol. The molecule has 0 spiro atoms. The van der Waals surface area contributed by atoms with Crippen molar-refractivity contribution in [1.29, 1.82) is 0 Å². The van der Waals surface area contributed by atoms with Crippen molar-refractivity contribution in [2.24, 2.45) is 14.1 Å². The van der Waals surface area contributed by atoms with E-state index in [1.165, 1.54) is 4.57 Å². The van der Waals surface area contributed by atoms with Crippen LogP contribution in [0.1, 0.15) is 24.4 Å². The van der Waals surface area contributed by atoms with E-state index >= 15 is 0 Å². The van der Waals surface area contributed by atoms with E-state index in [9.17, 15) is 9.59 Å². The number of aliphatic hydroxyl groups is 1. The van der Waals surface area contributed by atoms with Gasteiger partial charge in [0.05, 0.1) is 6.04 Å². The summed E-state index contributed by atoms with van der Waals surface area (Å²) in [5.74, 6) is 0.494. The van der Waals surface area contributed by atoms with Gasteiger partial charge in [0.15, 0.2) is 11.2 Å². The second kappa shape index (κ2) is 6.94. The summed E-state index contributed by atoms with van der Waals surface area (Å²) in [5.41, 5.74) is 0.756. The average molecular weight is 343 g/mol. The van der Waals surface area contributed by atoms with Crippen LogP contribution < -0.4 is 16.6 Å². The van der Waals surface area contributed by atoms with Crippen LogP contribution in [0, 0.1) is 0 Å². The molecule has 0 unspecified atom stereocenters. The second-order valence-electron chi connectivity index (χ2n) is 5.96. The predicted octanol–water partition coefficient (Wildman–Crippen LogP) is 0.886. The predicted molar refractivity (Wildman–Crippen MR) is 95.7 cm³/mol. The molecule has 8 heteroatoms. The van der Waals surface area contributed by atoms with E-state index in [0.29, 0.717) is 30.0 Å². The number of aliphatic hydroxyl groups excluding tert-OH is 1. The van der Waals surface area contributed by atoms with Crippen molar-refractivity contribution in [3.63, 3.8) is 0 Å². The third-order valence-electron chi connectivity index (χ3n) is 4.29. The maximum atomic E-state index is 12.1. The van der Waals surface area contributed by atoms with Gasteiger partial charge in [-0.3, -0.25) is 14.3 Å². The summed E-state index contributed by atoms with van der Waals surface area (Å²) in [6.45, 7) is 0.0989. The smallest absolute Gasteiger partial charge is 0.329 e. The molecule has 1 aromatic carbocycles. The van der Waals surface area contributed by atoms with E-state index in [4.69, 9.17) is 5.11 Å². The topological polar surface area (TPSA) is 105 Å². The van der Waals surface area contributed by atoms with Crippen molar-refractivity contribution in [3.8, 4) is 0 Å². The Morgan fingerprint density at radius 2 is 1.92 bits per heavy atom. The van der Waals surface area contributed by atoms with Gasteiger partial charge in [-0.25, -0.2) is 4.79 Å². The Morgan fingerprint density at radius 3 is 2.60 bits per heavy atom. The number of aromatic nitrogens is 4. The monoisotopic (exact) mass is 343 g/mol. The molecule has 0 saturated heterocycles. The summed E-state index contributed by atoms with van der Waals surface area (Å²) in [5, 5.41) is 12.5. The molecule has 3 aromatic rings. The van der Waals surface area contributed by atoms with E-state index in [0.717, 1.165) is 5.56 Å². The average Bonchev–Trinajstić information content (AvgIpc) is 2.94. The zero-order valence-corrected chi connectivity index (χ0v) is 14.2. The third-order valence-corrected chi connectivity index (χ3v) is 4.29. The Bertz CT molecular complexity index is 987. The van der Waals surface area contributed by atoms with Crippen LogP contribution in [0.3, 0.4) is 0 Å². The van der Waals surface area contributed by atoms with Crippen LogP contribution in [-0.2, 0) is 14.1 Å². The van der Waals surface area contributed by atoms with E-state index in [1.54, 1.807) is 18.7 Å². The van der Waals surface area contributed by atoms with Crippen molar-refractivity contribution in [3.05, 3.63) is 56.7 Å². The maximum absolute atomic E-state index is 12.1. The quantitative estimate of drug-likeness (QED) is 0.616. The lowest BCUT2D eigenvalue weighted by molar-refractivity contribution is 0.281. The molecule has 0 amide bonds. The molecule has 8 nitrogen and oxygen atoms in total. The molecule has 25 heavy (non-hydrogen) atoms. The van der Waals surface area contributed by atoms with Gasteiger partial charge in [0.2, 0.25) is 5.95 Å². The lowest BCUT2D eigenvalue weighted by atomic mass is 10.0. The van der Waals surface area contributed by atoms with Gasteiger partial charge in [0, 0.05) is 20.7 Å². The van der Waals surface area contributed by atoms with Crippen LogP contribution in [0.2, 0.25) is 0 Å². The molecule has 132 valence electrons. The van der Waals surface area contributed by atoms with E-state index in [1.807, 2.05) is 30.3 Å². The van der Waals surface area contributed by atoms with E-state index < -0.39 is 11.2 Å². The number of aromatic amines is 1. The molecule has 0 aliphatic rings. The minimum Gasteiger partial charge on any atom is -0.396 e. The number of imidazole rings is 1. The van der Waals surface area contributed by atoms with Gasteiger partial charge < -0.3 is 15.0 Å². The van der Waals surface area contributed by atoms with Gasteiger partial charge in [0.25, 0.3) is 5.56 Å². The minimum absolute atomic E-state index is 0.0695. The Balaban J connectivity index is 2.04. The fourth-order valence-electron chi connectivity index (χ4n) is 2.90. The summed E-state index contributed by atoms with van der Waals surface area (Å²) in [4.78, 5) is 30.6. The molecule has 0 saturated carbocycles. The lowest BCUT2D eigenvalue weighted by Gasteiger charge is -2.19. The normalized spacial score (nSPS) is 12.4. The SMILES string of the molecule is Cn1c(N[C@H](CCCO)c2ccccc2)nc2c1c(=O)[nH]c(=O)n2C. The first-order valence-corrected chi connectivity index (χ1v) is 8.11. The molecule has 0 radical (unpaired) electrons. The number of hydrogen-bond donors (Lipinski definition) is 3. The summed E-state index contributed by atoms with van der Waals surface area (Å²) in [6, 6.07) is 9.77. The van der Waals surface area contributed by atoms with Gasteiger partial charge in [-0.15, -0.1) is 0 Å². The fraction of sp³-hybridized carbons (Fsp3) is 0.353. The van der Waals surface area contributed by atoms with Crippen LogP contribution in [0.5, 0.6) is 0 Å². The van der Waals surface area contributed by atoms with E-state index in [2.05, 4.69) is 15.3 Å². The number of H-pyrrole nitrogens is 1. The number of benzene rings is 1. The molecule has 0 aliphatic heterocycles. The molecule has 3 rings (SSSR count). The van der Waals surface area contributed by atoms with Crippen molar-refractivity contribution in [2.75, 3.05) is 11.9 Å². The van der Waals surface area contributed by atoms with Gasteiger partial charge in [-0.2, -0.15) is 4.98 Å². The lowest BCUT2D eigenvalue weighted by Crippen LogP contribution is -2.29. The Labute approximate surface area is 143 Å². The van der Waals surface area contributed by atoms with Crippen molar-refractivity contribution < 1.29 is 5.11 Å². The van der Waals surface area contributed by atoms with Gasteiger partial charge in [-0.1, -0.05) is 30.3 Å². The molecule has 0 bridgehead atoms. The van der Waals surface area contributed by atoms with Crippen LogP contribution in [0.15, 0.2) is 39.9 Å². The minimum atomic E-state index is -0.498. The highest BCUT2D eigenvalue weighted by atomic mass is 16.3. The Hall–Kier alpha value is -2.87. The second-order valence-corrected chi connectivity index (χ2v) is 5.96. The highest BCUT2D eigenvalue weighted by Gasteiger charge is 2.18. The van der Waals surface area contributed by atoms with Crippen LogP contribution in [0.25, 0.3) is 11.2 Å². The van der Waals surface area contributed by atoms with E-state index in [-0.39, 0.29) is 12.6 Å². The molecule has 1 atom stereocenters. The molecule has 3 N–H and O–H groups in total. The number of nitrogens with one attached hydrogen (secondary N) is 2. The largest absolute Gasteiger partial charge is 0.396 e. The standard InChI is InChI=1S/C17H21N5O3/c1-21-13-14(22(2)17(25)20-15(13)24)19-16(21)18-12(9-6-10-23)11-7-4-3-5-8-11/h3-5,7-8,12,23H,6,9-10H2,1-2H3,(H,18,19)(H,20,24,25)/t12-/m1/s1. The highest BCUT2D eigenvalue weighted by Crippen LogP contribution is 2.24. The molecule has 0 aliphatic carbocycles. The summed E-state index contributed by atoms with van der Waals surface area (Å²) in [6.07, 6.45) is 1.34. The van der Waals surface area contributed by atoms with Gasteiger partial charge in [-0.05, 0) is 18.4 Å². The highest BCUT2D eigenvalue weighted by molar-refractivity contribution is 5.74. The van der Waals surface area contributed by atoms with Gasteiger partial charge >= 0.3 is 5.69 Å². The number of rotatable bonds is 6. The van der Waals surface area contributed by atoms with Gasteiger partial charge in [0.1, 0.15) is 0 Å². The first-order valence-electron chi connectivity index (χ1n) is 8.11. The third kappa shape index (κ3) is 3.20. The number of nitrogens with zero attached hydrogens (tertiary/aromatic N) is 3. The van der Waals surface area contributed by atoms with Crippen molar-refractivity contribution >= 4 is 17.1 Å². The Kier molecular flexibility index (Phi) is 4.71. The zero-order chi connectivity index (χ0) is 18.0. The number of fused-ring (bicyclic) bond motifs is 1. The van der Waals surface area contributed by atoms with Crippen molar-refractivity contribution in [2.45, 2.75) is 18.9 Å². The number of hydrogen-bond acceptors (Lipinski definition) is 5. The zero-order valence-electron chi connectivity index (χ0n) is 14.2. The molecule has 0 fully saturated rings. The summed E-state index contributed by atoms with van der Waals surface area (Å²) in [7, 11) is 3.29. The number of anilines is 1. The van der Waals surface area contributed by atoms with Crippen LogP contribution in [0.4, 0.5) is 5.95 Å². The molecular formula is C17H21N5O3. The Morgan fingerprint density at radius 1 is 1.20 bits per heavy atom. The summed E-state index contributed by atoms with van der Waals surface area (Å²) < 4.78 is 2.95.